The molecule has 0 rings (SSSR count). The van der Waals surface area contributed by atoms with Gasteiger partial charge < -0.3 is 24.1 Å². The van der Waals surface area contributed by atoms with Crippen LogP contribution in [-0.4, -0.2) is 47.6 Å². The number of aliphatic hydroxyl groups excluding tert-OH is 1. The molecule has 2 atom stereocenters. The van der Waals surface area contributed by atoms with E-state index in [1.807, 2.05) is 0 Å². The highest BCUT2D eigenvalue weighted by Crippen LogP contribution is 2.24. The lowest BCUT2D eigenvalue weighted by Gasteiger charge is -2.25. The molecule has 0 aromatic rings. The zero-order chi connectivity index (χ0) is 19.8. The van der Waals surface area contributed by atoms with Gasteiger partial charge in [0.05, 0.1) is 12.2 Å². The lowest BCUT2D eigenvalue weighted by molar-refractivity contribution is -0.162. The Bertz CT molecular complexity index is 521. The maximum atomic E-state index is 14.6. The van der Waals surface area contributed by atoms with Crippen LogP contribution in [0.5, 0.6) is 0 Å². The Morgan fingerprint density at radius 1 is 1.04 bits per heavy atom. The van der Waals surface area contributed by atoms with Gasteiger partial charge in [0.2, 0.25) is 6.29 Å². The summed E-state index contributed by atoms with van der Waals surface area (Å²) in [5.74, 6) is -4.30. The van der Waals surface area contributed by atoms with Crippen LogP contribution in [0.1, 0.15) is 48.0 Å². The first kappa shape index (κ1) is 23.0. The molecule has 25 heavy (non-hydrogen) atoms. The maximum absolute atomic E-state index is 14.6. The number of carbonyl (C=O) groups is 3. The van der Waals surface area contributed by atoms with E-state index < -0.39 is 47.5 Å². The molecule has 0 aliphatic carbocycles. The van der Waals surface area contributed by atoms with Crippen LogP contribution in [0.3, 0.4) is 0 Å². The van der Waals surface area contributed by atoms with Crippen LogP contribution in [0, 0.1) is 0 Å². The molecule has 0 fully saturated rings. The molecule has 0 heterocycles. The fraction of sp³-hybridized carbons (Fsp3) is 0.688. The number of aliphatic hydroxyl groups is 1. The molecule has 0 bridgehead atoms. The molecule has 0 saturated carbocycles. The van der Waals surface area contributed by atoms with Gasteiger partial charge in [0.25, 0.3) is 0 Å². The van der Waals surface area contributed by atoms with E-state index in [1.165, 1.54) is 6.92 Å². The van der Waals surface area contributed by atoms with Crippen LogP contribution >= 0.6 is 0 Å². The summed E-state index contributed by atoms with van der Waals surface area (Å²) in [6, 6.07) is 0. The normalized spacial score (nSPS) is 14.9. The van der Waals surface area contributed by atoms with Gasteiger partial charge in [-0.2, -0.15) is 0 Å². The Morgan fingerprint density at radius 3 is 2.00 bits per heavy atom. The first-order chi connectivity index (χ1) is 11.3. The van der Waals surface area contributed by atoms with Crippen molar-refractivity contribution in [1.82, 2.24) is 0 Å². The number of carbonyl (C=O) groups excluding carboxylic acids is 3. The highest BCUT2D eigenvalue weighted by Gasteiger charge is 2.31. The molecule has 0 aromatic heterocycles. The highest BCUT2D eigenvalue weighted by atomic mass is 19.1. The number of hydrogen-bond acceptors (Lipinski definition) is 8. The van der Waals surface area contributed by atoms with Crippen molar-refractivity contribution in [2.45, 2.75) is 66.0 Å². The zero-order valence-electron chi connectivity index (χ0n) is 15.3. The van der Waals surface area contributed by atoms with Crippen LogP contribution in [0.2, 0.25) is 0 Å². The minimum absolute atomic E-state index is 0.183. The van der Waals surface area contributed by atoms with Crippen LogP contribution in [-0.2, 0) is 33.3 Å². The lowest BCUT2D eigenvalue weighted by Crippen LogP contribution is -2.31. The summed E-state index contributed by atoms with van der Waals surface area (Å²) < 4.78 is 34.1. The summed E-state index contributed by atoms with van der Waals surface area (Å²) in [5.41, 5.74) is -0.896. The molecule has 0 amide bonds. The lowest BCUT2D eigenvalue weighted by atomic mass is 10.1. The molecule has 0 spiro atoms. The van der Waals surface area contributed by atoms with E-state index in [1.54, 1.807) is 20.8 Å². The largest absolute Gasteiger partial charge is 0.466 e. The third-order valence-electron chi connectivity index (χ3n) is 2.46. The second-order valence-corrected chi connectivity index (χ2v) is 6.12. The molecule has 144 valence electrons. The van der Waals surface area contributed by atoms with E-state index in [0.29, 0.717) is 0 Å². The molecule has 0 aliphatic rings. The SMILES string of the molecule is CC(=O)OCC[C@@H](OC(C)=O)/C(OC(C)=O)=C(\F)[C@@H](O)OC(C)(C)C. The smallest absolute Gasteiger partial charge is 0.307 e. The standard InChI is InChI=1S/C16H25FO8/c1-9(18)22-8-7-12(23-10(2)19)14(24-11(3)20)13(17)15(21)25-16(4,5)6/h12,15,21H,7-8H2,1-6H3/b14-13+/t12-,15+/m1/s1. The van der Waals surface area contributed by atoms with Crippen LogP contribution < -0.4 is 0 Å². The minimum atomic E-state index is -2.04. The molecule has 9 heteroatoms. The van der Waals surface area contributed by atoms with Crippen LogP contribution in [0.4, 0.5) is 4.39 Å². The van der Waals surface area contributed by atoms with Crippen molar-refractivity contribution in [2.75, 3.05) is 6.61 Å². The van der Waals surface area contributed by atoms with Gasteiger partial charge in [-0.1, -0.05) is 0 Å². The Morgan fingerprint density at radius 2 is 1.60 bits per heavy atom. The molecule has 0 saturated heterocycles. The maximum Gasteiger partial charge on any atom is 0.307 e. The summed E-state index contributed by atoms with van der Waals surface area (Å²) in [6.45, 7) is 7.79. The predicted octanol–water partition coefficient (Wildman–Crippen LogP) is 1.75. The van der Waals surface area contributed by atoms with E-state index in [-0.39, 0.29) is 13.0 Å². The predicted molar refractivity (Wildman–Crippen MR) is 83.5 cm³/mol. The molecule has 0 radical (unpaired) electrons. The minimum Gasteiger partial charge on any atom is -0.466 e. The Balaban J connectivity index is 5.61. The summed E-state index contributed by atoms with van der Waals surface area (Å²) in [5, 5.41) is 9.86. The molecule has 0 aliphatic heterocycles. The number of halogens is 1. The Hall–Kier alpha value is -2.00. The Labute approximate surface area is 145 Å². The monoisotopic (exact) mass is 364 g/mol. The van der Waals surface area contributed by atoms with Crippen molar-refractivity contribution in [3.63, 3.8) is 0 Å². The fourth-order valence-electron chi connectivity index (χ4n) is 1.69. The third kappa shape index (κ3) is 10.5. The molecular formula is C16H25FO8. The average Bonchev–Trinajstić information content (AvgIpc) is 2.40. The van der Waals surface area contributed by atoms with E-state index >= 15 is 0 Å². The van der Waals surface area contributed by atoms with Crippen molar-refractivity contribution in [2.24, 2.45) is 0 Å². The molecule has 0 unspecified atom stereocenters. The quantitative estimate of drug-likeness (QED) is 0.300. The summed E-state index contributed by atoms with van der Waals surface area (Å²) >= 11 is 0. The summed E-state index contributed by atoms with van der Waals surface area (Å²) in [4.78, 5) is 33.4. The average molecular weight is 364 g/mol. The van der Waals surface area contributed by atoms with Gasteiger partial charge in [-0.05, 0) is 20.8 Å². The van der Waals surface area contributed by atoms with E-state index in [9.17, 15) is 23.9 Å². The number of rotatable bonds is 8. The van der Waals surface area contributed by atoms with Crippen LogP contribution in [0.15, 0.2) is 11.6 Å². The van der Waals surface area contributed by atoms with Crippen molar-refractivity contribution >= 4 is 17.9 Å². The van der Waals surface area contributed by atoms with Crippen molar-refractivity contribution in [3.05, 3.63) is 11.6 Å². The molecular weight excluding hydrogens is 339 g/mol. The summed E-state index contributed by atoms with van der Waals surface area (Å²) in [6.07, 6.45) is -3.61. The van der Waals surface area contributed by atoms with E-state index in [2.05, 4.69) is 0 Å². The number of esters is 3. The highest BCUT2D eigenvalue weighted by molar-refractivity contribution is 5.69. The van der Waals surface area contributed by atoms with Gasteiger partial charge in [0.15, 0.2) is 17.7 Å². The third-order valence-corrected chi connectivity index (χ3v) is 2.46. The van der Waals surface area contributed by atoms with Gasteiger partial charge in [0.1, 0.15) is 0 Å². The molecule has 1 N–H and O–H groups in total. The molecule has 8 nitrogen and oxygen atoms in total. The number of ether oxygens (including phenoxy) is 4. The van der Waals surface area contributed by atoms with Crippen molar-refractivity contribution in [1.29, 1.82) is 0 Å². The summed E-state index contributed by atoms with van der Waals surface area (Å²) in [7, 11) is 0. The first-order valence-corrected chi connectivity index (χ1v) is 7.58. The topological polar surface area (TPSA) is 108 Å². The van der Waals surface area contributed by atoms with E-state index in [0.717, 1.165) is 13.8 Å². The van der Waals surface area contributed by atoms with Crippen molar-refractivity contribution in [3.8, 4) is 0 Å². The van der Waals surface area contributed by atoms with Crippen molar-refractivity contribution < 1.29 is 42.8 Å². The second-order valence-electron chi connectivity index (χ2n) is 6.12. The Kier molecular flexibility index (Phi) is 9.29. The molecule has 0 aromatic carbocycles. The van der Waals surface area contributed by atoms with Gasteiger partial charge in [0, 0.05) is 27.2 Å². The van der Waals surface area contributed by atoms with Gasteiger partial charge in [-0.25, -0.2) is 4.39 Å². The second kappa shape index (κ2) is 10.1. The van der Waals surface area contributed by atoms with Gasteiger partial charge in [-0.15, -0.1) is 0 Å². The number of hydrogen-bond donors (Lipinski definition) is 1. The van der Waals surface area contributed by atoms with Gasteiger partial charge in [-0.3, -0.25) is 14.4 Å². The van der Waals surface area contributed by atoms with Crippen LogP contribution in [0.25, 0.3) is 0 Å². The fourth-order valence-corrected chi connectivity index (χ4v) is 1.69. The van der Waals surface area contributed by atoms with E-state index in [4.69, 9.17) is 18.9 Å². The zero-order valence-corrected chi connectivity index (χ0v) is 15.3. The first-order valence-electron chi connectivity index (χ1n) is 7.58. The van der Waals surface area contributed by atoms with Gasteiger partial charge >= 0.3 is 17.9 Å².